The summed E-state index contributed by atoms with van der Waals surface area (Å²) in [5, 5.41) is 1.82. The highest BCUT2D eigenvalue weighted by Gasteiger charge is 2.23. The summed E-state index contributed by atoms with van der Waals surface area (Å²) in [4.78, 5) is 17.7. The zero-order chi connectivity index (χ0) is 19.0. The van der Waals surface area contributed by atoms with Gasteiger partial charge in [-0.25, -0.2) is 0 Å². The number of aryl methyl sites for hydroxylation is 1. The van der Waals surface area contributed by atoms with Gasteiger partial charge in [-0.1, -0.05) is 29.8 Å². The van der Waals surface area contributed by atoms with Crippen LogP contribution in [0, 0.1) is 6.92 Å². The molecule has 0 atom stereocenters. The Labute approximate surface area is 164 Å². The van der Waals surface area contributed by atoms with Crippen molar-refractivity contribution < 1.29 is 4.79 Å². The van der Waals surface area contributed by atoms with Crippen molar-refractivity contribution in [3.63, 3.8) is 0 Å². The number of Topliss-reactive ketones (excluding diaryl/α,β-unsaturated/α-hetero) is 1. The van der Waals surface area contributed by atoms with Crippen molar-refractivity contribution in [3.05, 3.63) is 64.8 Å². The highest BCUT2D eigenvalue weighted by atomic mass is 35.5. The number of carbonyl (C=O) groups excluding carboxylic acids is 1. The van der Waals surface area contributed by atoms with Crippen LogP contribution in [-0.4, -0.2) is 48.0 Å². The molecular formula is C22H24ClN3O. The van der Waals surface area contributed by atoms with Crippen molar-refractivity contribution in [3.8, 4) is 0 Å². The molecule has 1 aliphatic heterocycles. The van der Waals surface area contributed by atoms with Crippen molar-refractivity contribution in [1.82, 2.24) is 9.47 Å². The quantitative estimate of drug-likeness (QED) is 0.636. The van der Waals surface area contributed by atoms with E-state index in [-0.39, 0.29) is 5.78 Å². The molecule has 27 heavy (non-hydrogen) atoms. The molecule has 0 saturated carbocycles. The Hall–Kier alpha value is -2.30. The Kier molecular flexibility index (Phi) is 4.94. The minimum atomic E-state index is 0.212. The number of benzene rings is 2. The molecule has 0 radical (unpaired) electrons. The van der Waals surface area contributed by atoms with Gasteiger partial charge in [0.05, 0.1) is 6.54 Å². The third-order valence-corrected chi connectivity index (χ3v) is 5.86. The summed E-state index contributed by atoms with van der Waals surface area (Å²) in [5.41, 5.74) is 4.22. The predicted octanol–water partition coefficient (Wildman–Crippen LogP) is 4.15. The standard InChI is InChI=1S/C22H24ClN3O/c1-16-22(19-5-3-4-6-20(19)24(16)2)21(27)15-25-11-13-26(14-12-25)18-9-7-17(23)8-10-18/h3-10H,11-15H2,1-2H3. The van der Waals surface area contributed by atoms with E-state index in [0.29, 0.717) is 6.54 Å². The molecule has 2 heterocycles. The maximum atomic E-state index is 13.1. The molecule has 1 saturated heterocycles. The number of carbonyl (C=O) groups is 1. The molecular weight excluding hydrogens is 358 g/mol. The maximum absolute atomic E-state index is 13.1. The fourth-order valence-electron chi connectivity index (χ4n) is 3.97. The largest absolute Gasteiger partial charge is 0.369 e. The first-order valence-corrected chi connectivity index (χ1v) is 9.72. The Morgan fingerprint density at radius 2 is 1.67 bits per heavy atom. The minimum absolute atomic E-state index is 0.212. The van der Waals surface area contributed by atoms with Crippen LogP contribution in [0.2, 0.25) is 5.02 Å². The van der Waals surface area contributed by atoms with E-state index >= 15 is 0 Å². The average Bonchev–Trinajstić information content (AvgIpc) is 2.94. The number of aromatic nitrogens is 1. The average molecular weight is 382 g/mol. The van der Waals surface area contributed by atoms with Gasteiger partial charge < -0.3 is 9.47 Å². The van der Waals surface area contributed by atoms with Crippen molar-refractivity contribution in [1.29, 1.82) is 0 Å². The minimum Gasteiger partial charge on any atom is -0.369 e. The number of halogens is 1. The summed E-state index contributed by atoms with van der Waals surface area (Å²) in [6.07, 6.45) is 0. The van der Waals surface area contributed by atoms with Crippen LogP contribution in [0.15, 0.2) is 48.5 Å². The zero-order valence-electron chi connectivity index (χ0n) is 15.8. The molecule has 0 aliphatic carbocycles. The van der Waals surface area contributed by atoms with Crippen LogP contribution < -0.4 is 4.90 Å². The smallest absolute Gasteiger partial charge is 0.179 e. The monoisotopic (exact) mass is 381 g/mol. The molecule has 1 aromatic heterocycles. The van der Waals surface area contributed by atoms with Crippen LogP contribution in [0.1, 0.15) is 16.1 Å². The van der Waals surface area contributed by atoms with E-state index in [2.05, 4.69) is 32.6 Å². The number of nitrogens with zero attached hydrogens (tertiary/aromatic N) is 3. The van der Waals surface area contributed by atoms with Crippen molar-refractivity contribution in [2.45, 2.75) is 6.92 Å². The Morgan fingerprint density at radius 3 is 2.37 bits per heavy atom. The Bertz CT molecular complexity index is 969. The lowest BCUT2D eigenvalue weighted by Crippen LogP contribution is -2.48. The summed E-state index contributed by atoms with van der Waals surface area (Å²) in [6.45, 7) is 6.12. The van der Waals surface area contributed by atoms with Gasteiger partial charge in [0.25, 0.3) is 0 Å². The SMILES string of the molecule is Cc1c(C(=O)CN2CCN(c3ccc(Cl)cc3)CC2)c2ccccc2n1C. The molecule has 3 aromatic rings. The lowest BCUT2D eigenvalue weighted by molar-refractivity contribution is 0.0927. The summed E-state index contributed by atoms with van der Waals surface area (Å²) in [7, 11) is 2.03. The van der Waals surface area contributed by atoms with Gasteiger partial charge in [0.2, 0.25) is 0 Å². The van der Waals surface area contributed by atoms with Crippen molar-refractivity contribution >= 4 is 34.0 Å². The molecule has 4 nitrogen and oxygen atoms in total. The number of hydrogen-bond donors (Lipinski definition) is 0. The molecule has 0 amide bonds. The van der Waals surface area contributed by atoms with Gasteiger partial charge in [-0.05, 0) is 37.3 Å². The molecule has 0 N–H and O–H groups in total. The lowest BCUT2D eigenvalue weighted by atomic mass is 10.1. The third-order valence-electron chi connectivity index (χ3n) is 5.61. The van der Waals surface area contributed by atoms with Crippen molar-refractivity contribution in [2.24, 2.45) is 7.05 Å². The second kappa shape index (κ2) is 7.37. The van der Waals surface area contributed by atoms with E-state index in [1.807, 2.05) is 44.3 Å². The van der Waals surface area contributed by atoms with Gasteiger partial charge in [-0.15, -0.1) is 0 Å². The Morgan fingerprint density at radius 1 is 1.00 bits per heavy atom. The van der Waals surface area contributed by atoms with Crippen LogP contribution in [0.4, 0.5) is 5.69 Å². The summed E-state index contributed by atoms with van der Waals surface area (Å²) < 4.78 is 2.11. The number of ketones is 1. The highest BCUT2D eigenvalue weighted by Crippen LogP contribution is 2.26. The van der Waals surface area contributed by atoms with Crippen molar-refractivity contribution in [2.75, 3.05) is 37.6 Å². The molecule has 1 aliphatic rings. The molecule has 1 fully saturated rings. The normalized spacial score (nSPS) is 15.4. The van der Waals surface area contributed by atoms with Gasteiger partial charge in [0, 0.05) is 66.1 Å². The Balaban J connectivity index is 1.44. The molecule has 0 spiro atoms. The predicted molar refractivity (Wildman–Crippen MR) is 112 cm³/mol. The van der Waals surface area contributed by atoms with E-state index in [1.165, 1.54) is 5.69 Å². The summed E-state index contributed by atoms with van der Waals surface area (Å²) in [6, 6.07) is 16.1. The van der Waals surface area contributed by atoms with E-state index in [0.717, 1.165) is 53.4 Å². The van der Waals surface area contributed by atoms with E-state index in [1.54, 1.807) is 0 Å². The number of hydrogen-bond acceptors (Lipinski definition) is 3. The van der Waals surface area contributed by atoms with Gasteiger partial charge in [-0.2, -0.15) is 0 Å². The van der Waals surface area contributed by atoms with Gasteiger partial charge in [0.15, 0.2) is 5.78 Å². The number of fused-ring (bicyclic) bond motifs is 1. The molecule has 140 valence electrons. The third kappa shape index (κ3) is 3.47. The van der Waals surface area contributed by atoms with Crippen LogP contribution in [0.5, 0.6) is 0 Å². The summed E-state index contributed by atoms with van der Waals surface area (Å²) >= 11 is 5.98. The number of anilines is 1. The molecule has 4 rings (SSSR count). The van der Waals surface area contributed by atoms with Gasteiger partial charge in [-0.3, -0.25) is 9.69 Å². The van der Waals surface area contributed by atoms with Crippen LogP contribution in [-0.2, 0) is 7.05 Å². The second-order valence-electron chi connectivity index (χ2n) is 7.20. The van der Waals surface area contributed by atoms with E-state index < -0.39 is 0 Å². The lowest BCUT2D eigenvalue weighted by Gasteiger charge is -2.35. The van der Waals surface area contributed by atoms with Gasteiger partial charge >= 0.3 is 0 Å². The highest BCUT2D eigenvalue weighted by molar-refractivity contribution is 6.30. The topological polar surface area (TPSA) is 28.5 Å². The maximum Gasteiger partial charge on any atom is 0.179 e. The fraction of sp³-hybridized carbons (Fsp3) is 0.318. The number of rotatable bonds is 4. The molecule has 5 heteroatoms. The van der Waals surface area contributed by atoms with Gasteiger partial charge in [0.1, 0.15) is 0 Å². The first kappa shape index (κ1) is 18.1. The molecule has 0 bridgehead atoms. The van der Waals surface area contributed by atoms with E-state index in [9.17, 15) is 4.79 Å². The molecule has 2 aromatic carbocycles. The summed E-state index contributed by atoms with van der Waals surface area (Å²) in [5.74, 6) is 0.212. The van der Waals surface area contributed by atoms with E-state index in [4.69, 9.17) is 11.6 Å². The fourth-order valence-corrected chi connectivity index (χ4v) is 4.10. The number of piperazine rings is 1. The van der Waals surface area contributed by atoms with Crippen LogP contribution in [0.25, 0.3) is 10.9 Å². The number of para-hydroxylation sites is 1. The zero-order valence-corrected chi connectivity index (χ0v) is 16.5. The second-order valence-corrected chi connectivity index (χ2v) is 7.64. The first-order valence-electron chi connectivity index (χ1n) is 9.34. The van der Waals surface area contributed by atoms with Crippen LogP contribution in [0.3, 0.4) is 0 Å². The first-order chi connectivity index (χ1) is 13.0. The molecule has 0 unspecified atom stereocenters. The van der Waals surface area contributed by atoms with Crippen LogP contribution >= 0.6 is 11.6 Å².